The lowest BCUT2D eigenvalue weighted by molar-refractivity contribution is -0.119. The van der Waals surface area contributed by atoms with Crippen LogP contribution in [-0.2, 0) is 14.8 Å². The van der Waals surface area contributed by atoms with Crippen LogP contribution in [0.25, 0.3) is 0 Å². The number of hydrazone groups is 1. The molecule has 9 heteroatoms. The molecule has 0 unspecified atom stereocenters. The number of hydrogen-bond donors (Lipinski definition) is 1. The largest absolute Gasteiger partial charge is 0.493 e. The summed E-state index contributed by atoms with van der Waals surface area (Å²) in [6.45, 7) is 5.57. The number of anilines is 1. The molecule has 0 heterocycles. The first-order valence-electron chi connectivity index (χ1n) is 10.9. The number of sulfonamides is 1. The fourth-order valence-corrected chi connectivity index (χ4v) is 4.91. The Morgan fingerprint density at radius 2 is 1.63 bits per heavy atom. The second-order valence-electron chi connectivity index (χ2n) is 7.88. The van der Waals surface area contributed by atoms with Crippen LogP contribution in [0, 0.1) is 20.8 Å². The summed E-state index contributed by atoms with van der Waals surface area (Å²) < 4.78 is 38.6. The number of nitrogens with one attached hydrogen (secondary N) is 1. The third-order valence-electron chi connectivity index (χ3n) is 5.77. The van der Waals surface area contributed by atoms with E-state index < -0.39 is 22.5 Å². The molecule has 0 atom stereocenters. The highest BCUT2D eigenvalue weighted by Crippen LogP contribution is 2.32. The van der Waals surface area contributed by atoms with E-state index in [4.69, 9.17) is 9.47 Å². The molecule has 0 aliphatic rings. The maximum Gasteiger partial charge on any atom is 0.264 e. The number of amides is 1. The zero-order valence-corrected chi connectivity index (χ0v) is 21.2. The van der Waals surface area contributed by atoms with Crippen LogP contribution in [0.5, 0.6) is 11.5 Å². The fraction of sp³-hybridized carbons (Fsp3) is 0.231. The van der Waals surface area contributed by atoms with Gasteiger partial charge in [-0.1, -0.05) is 30.3 Å². The topological polar surface area (TPSA) is 97.3 Å². The van der Waals surface area contributed by atoms with E-state index in [1.54, 1.807) is 36.5 Å². The highest BCUT2D eigenvalue weighted by molar-refractivity contribution is 7.92. The average molecular weight is 496 g/mol. The molecule has 0 saturated heterocycles. The van der Waals surface area contributed by atoms with Gasteiger partial charge in [0.1, 0.15) is 6.54 Å². The molecule has 3 aromatic carbocycles. The van der Waals surface area contributed by atoms with Crippen molar-refractivity contribution >= 4 is 27.8 Å². The first kappa shape index (κ1) is 25.8. The van der Waals surface area contributed by atoms with Crippen molar-refractivity contribution in [2.24, 2.45) is 5.10 Å². The summed E-state index contributed by atoms with van der Waals surface area (Å²) in [7, 11) is -1.23. The Labute approximate surface area is 206 Å². The van der Waals surface area contributed by atoms with Crippen LogP contribution in [0.15, 0.2) is 70.7 Å². The Morgan fingerprint density at radius 1 is 0.943 bits per heavy atom. The number of methoxy groups -OCH3 is 2. The van der Waals surface area contributed by atoms with Crippen molar-refractivity contribution in [3.8, 4) is 11.5 Å². The summed E-state index contributed by atoms with van der Waals surface area (Å²) in [6, 6.07) is 16.6. The summed E-state index contributed by atoms with van der Waals surface area (Å²) in [5, 5.41) is 4.04. The molecule has 3 rings (SSSR count). The van der Waals surface area contributed by atoms with E-state index in [-0.39, 0.29) is 10.6 Å². The summed E-state index contributed by atoms with van der Waals surface area (Å²) >= 11 is 0. The number of para-hydroxylation sites is 1. The van der Waals surface area contributed by atoms with Gasteiger partial charge in [-0.2, -0.15) is 5.10 Å². The van der Waals surface area contributed by atoms with Gasteiger partial charge in [-0.15, -0.1) is 0 Å². The lowest BCUT2D eigenvalue weighted by atomic mass is 10.00. The number of carbonyl (C=O) groups excluding carboxylic acids is 1. The third-order valence-corrected chi connectivity index (χ3v) is 7.54. The molecule has 35 heavy (non-hydrogen) atoms. The van der Waals surface area contributed by atoms with E-state index in [9.17, 15) is 13.2 Å². The molecular weight excluding hydrogens is 466 g/mol. The van der Waals surface area contributed by atoms with Gasteiger partial charge in [0, 0.05) is 6.07 Å². The molecule has 0 radical (unpaired) electrons. The van der Waals surface area contributed by atoms with Crippen molar-refractivity contribution in [1.29, 1.82) is 0 Å². The Kier molecular flexibility index (Phi) is 8.14. The molecule has 0 fully saturated rings. The highest BCUT2D eigenvalue weighted by Gasteiger charge is 2.28. The van der Waals surface area contributed by atoms with Crippen LogP contribution in [0.1, 0.15) is 22.3 Å². The first-order chi connectivity index (χ1) is 16.7. The molecule has 0 bridgehead atoms. The molecule has 0 aromatic heterocycles. The van der Waals surface area contributed by atoms with Gasteiger partial charge in [0.15, 0.2) is 11.5 Å². The monoisotopic (exact) mass is 495 g/mol. The van der Waals surface area contributed by atoms with Gasteiger partial charge >= 0.3 is 0 Å². The van der Waals surface area contributed by atoms with Crippen LogP contribution in [0.4, 0.5) is 5.69 Å². The van der Waals surface area contributed by atoms with E-state index >= 15 is 0 Å². The van der Waals surface area contributed by atoms with Gasteiger partial charge in [0.05, 0.1) is 31.0 Å². The zero-order chi connectivity index (χ0) is 25.6. The lowest BCUT2D eigenvalue weighted by Crippen LogP contribution is -2.39. The molecule has 0 spiro atoms. The third kappa shape index (κ3) is 5.81. The number of nitrogens with zero attached hydrogens (tertiary/aromatic N) is 2. The highest BCUT2D eigenvalue weighted by atomic mass is 32.2. The second kappa shape index (κ2) is 11.1. The number of hydrogen-bond acceptors (Lipinski definition) is 6. The minimum absolute atomic E-state index is 0.0407. The molecule has 0 saturated carbocycles. The van der Waals surface area contributed by atoms with Gasteiger partial charge < -0.3 is 9.47 Å². The molecule has 0 aliphatic carbocycles. The predicted molar refractivity (Wildman–Crippen MR) is 137 cm³/mol. The number of aryl methyl sites for hydroxylation is 1. The summed E-state index contributed by atoms with van der Waals surface area (Å²) in [6.07, 6.45) is 1.55. The molecule has 1 N–H and O–H groups in total. The van der Waals surface area contributed by atoms with E-state index in [1.165, 1.54) is 38.0 Å². The number of benzene rings is 3. The van der Waals surface area contributed by atoms with Crippen LogP contribution in [0.2, 0.25) is 0 Å². The minimum atomic E-state index is -4.12. The standard InChI is InChI=1S/C26H29N3O5S/c1-18-11-12-21(20(3)19(18)2)16-27-28-26(30)17-29(22-9-7-6-8-10-22)35(31,32)23-13-14-24(33-4)25(15-23)34-5/h6-16H,17H2,1-5H3,(H,28,30)/b27-16-. The summed E-state index contributed by atoms with van der Waals surface area (Å²) in [5.74, 6) is 0.0708. The molecule has 184 valence electrons. The Balaban J connectivity index is 1.87. The lowest BCUT2D eigenvalue weighted by Gasteiger charge is -2.24. The number of ether oxygens (including phenoxy) is 2. The Morgan fingerprint density at radius 3 is 2.29 bits per heavy atom. The maximum absolute atomic E-state index is 13.6. The van der Waals surface area contributed by atoms with Crippen LogP contribution >= 0.6 is 0 Å². The molecule has 8 nitrogen and oxygen atoms in total. The normalized spacial score (nSPS) is 11.3. The van der Waals surface area contributed by atoms with E-state index in [0.717, 1.165) is 21.0 Å². The van der Waals surface area contributed by atoms with Crippen LogP contribution in [-0.4, -0.2) is 41.3 Å². The van der Waals surface area contributed by atoms with Crippen molar-refractivity contribution in [2.45, 2.75) is 25.7 Å². The van der Waals surface area contributed by atoms with Crippen molar-refractivity contribution in [3.05, 3.63) is 82.9 Å². The van der Waals surface area contributed by atoms with E-state index in [2.05, 4.69) is 10.5 Å². The summed E-state index contributed by atoms with van der Waals surface area (Å²) in [4.78, 5) is 12.7. The maximum atomic E-state index is 13.6. The molecule has 3 aromatic rings. The van der Waals surface area contributed by atoms with E-state index in [1.807, 2.05) is 32.9 Å². The second-order valence-corrected chi connectivity index (χ2v) is 9.74. The van der Waals surface area contributed by atoms with Crippen LogP contribution in [0.3, 0.4) is 0 Å². The fourth-order valence-electron chi connectivity index (χ4n) is 3.47. The Hall–Kier alpha value is -3.85. The smallest absolute Gasteiger partial charge is 0.264 e. The van der Waals surface area contributed by atoms with Gasteiger partial charge in [0.25, 0.3) is 15.9 Å². The predicted octanol–water partition coefficient (Wildman–Crippen LogP) is 3.97. The zero-order valence-electron chi connectivity index (χ0n) is 20.4. The van der Waals surface area contributed by atoms with Crippen molar-refractivity contribution < 1.29 is 22.7 Å². The SMILES string of the molecule is COc1ccc(S(=O)(=O)N(CC(=O)N/N=C\c2ccc(C)c(C)c2C)c2ccccc2)cc1OC. The molecule has 0 aliphatic heterocycles. The van der Waals surface area contributed by atoms with Gasteiger partial charge in [-0.25, -0.2) is 13.8 Å². The van der Waals surface area contributed by atoms with Crippen molar-refractivity contribution in [2.75, 3.05) is 25.1 Å². The van der Waals surface area contributed by atoms with E-state index in [0.29, 0.717) is 11.4 Å². The molecular formula is C26H29N3O5S. The van der Waals surface area contributed by atoms with Gasteiger partial charge in [0.2, 0.25) is 0 Å². The number of carbonyl (C=O) groups is 1. The van der Waals surface area contributed by atoms with Gasteiger partial charge in [-0.3, -0.25) is 9.10 Å². The first-order valence-corrected chi connectivity index (χ1v) is 12.3. The van der Waals surface area contributed by atoms with Gasteiger partial charge in [-0.05, 0) is 67.3 Å². The van der Waals surface area contributed by atoms with Crippen LogP contribution < -0.4 is 19.2 Å². The number of rotatable bonds is 9. The minimum Gasteiger partial charge on any atom is -0.493 e. The molecule has 1 amide bonds. The van der Waals surface area contributed by atoms with Crippen molar-refractivity contribution in [1.82, 2.24) is 5.43 Å². The summed E-state index contributed by atoms with van der Waals surface area (Å²) in [5.41, 5.74) is 7.02. The average Bonchev–Trinajstić information content (AvgIpc) is 2.87. The van der Waals surface area contributed by atoms with Crippen molar-refractivity contribution in [3.63, 3.8) is 0 Å². The quantitative estimate of drug-likeness (QED) is 0.358. The Bertz CT molecular complexity index is 1340.